The summed E-state index contributed by atoms with van der Waals surface area (Å²) in [5.74, 6) is -0.761. The predicted octanol–water partition coefficient (Wildman–Crippen LogP) is 4.68. The van der Waals surface area contributed by atoms with Crippen molar-refractivity contribution in [2.24, 2.45) is 0 Å². The Morgan fingerprint density at radius 2 is 1.54 bits per heavy atom. The number of aliphatic carboxylic acids is 1. The fraction of sp³-hybridized carbons (Fsp3) is 0.375. The lowest BCUT2D eigenvalue weighted by Crippen LogP contribution is -2.34. The van der Waals surface area contributed by atoms with E-state index >= 15 is 0 Å². The minimum absolute atomic E-state index is 0.0682. The summed E-state index contributed by atoms with van der Waals surface area (Å²) in [6.07, 6.45) is 2.22. The van der Waals surface area contributed by atoms with E-state index in [1.807, 2.05) is 43.3 Å². The van der Waals surface area contributed by atoms with Crippen LogP contribution in [0.1, 0.15) is 43.4 Å². The summed E-state index contributed by atoms with van der Waals surface area (Å²) in [5, 5.41) is 9.32. The highest BCUT2D eigenvalue weighted by molar-refractivity contribution is 5.87. The molecular weight excluding hydrogens is 350 g/mol. The van der Waals surface area contributed by atoms with Crippen LogP contribution in [0.4, 0.5) is 0 Å². The minimum atomic E-state index is -0.761. The van der Waals surface area contributed by atoms with Crippen LogP contribution in [0, 0.1) is 0 Å². The number of piperidine rings is 1. The molecule has 2 aromatic rings. The molecule has 4 nitrogen and oxygen atoms in total. The van der Waals surface area contributed by atoms with Crippen molar-refractivity contribution in [1.29, 1.82) is 0 Å². The number of carbonyl (C=O) groups is 1. The molecule has 1 heterocycles. The van der Waals surface area contributed by atoms with Crippen molar-refractivity contribution >= 4 is 5.97 Å². The highest BCUT2D eigenvalue weighted by Gasteiger charge is 2.20. The lowest BCUT2D eigenvalue weighted by molar-refractivity contribution is -0.132. The summed E-state index contributed by atoms with van der Waals surface area (Å²) < 4.78 is 6.30. The van der Waals surface area contributed by atoms with Crippen LogP contribution < -0.4 is 0 Å². The Morgan fingerprint density at radius 3 is 2.00 bits per heavy atom. The number of carboxylic acid groups (broad SMARTS) is 1. The molecule has 3 rings (SSSR count). The topological polar surface area (TPSA) is 49.8 Å². The standard InChI is InChI=1S/C24H29NO3/c1-2-22(24(26)27)19-13-15-25(16-14-19)17-18-28-23(20-9-5-3-6-10-20)21-11-7-4-8-12-21/h3-12,23H,2,13-18H2,1H3,(H,26,27). The molecule has 0 radical (unpaired) electrons. The zero-order valence-electron chi connectivity index (χ0n) is 16.5. The molecule has 1 N–H and O–H groups in total. The Kier molecular flexibility index (Phi) is 7.40. The molecule has 2 aromatic carbocycles. The van der Waals surface area contributed by atoms with E-state index in [1.165, 1.54) is 0 Å². The van der Waals surface area contributed by atoms with Crippen LogP contribution >= 0.6 is 0 Å². The maximum Gasteiger partial charge on any atom is 0.331 e. The van der Waals surface area contributed by atoms with Crippen molar-refractivity contribution in [2.75, 3.05) is 26.2 Å². The van der Waals surface area contributed by atoms with Gasteiger partial charge in [-0.3, -0.25) is 0 Å². The monoisotopic (exact) mass is 379 g/mol. The number of carboxylic acids is 1. The molecule has 1 aliphatic heterocycles. The molecule has 0 spiro atoms. The largest absolute Gasteiger partial charge is 0.478 e. The second-order valence-corrected chi connectivity index (χ2v) is 7.15. The van der Waals surface area contributed by atoms with Gasteiger partial charge in [-0.1, -0.05) is 73.2 Å². The van der Waals surface area contributed by atoms with Crippen molar-refractivity contribution in [3.05, 3.63) is 82.9 Å². The zero-order valence-corrected chi connectivity index (χ0v) is 16.5. The molecule has 0 bridgehead atoms. The second kappa shape index (κ2) is 10.2. The van der Waals surface area contributed by atoms with Gasteiger partial charge < -0.3 is 14.7 Å². The van der Waals surface area contributed by atoms with Gasteiger partial charge in [0.1, 0.15) is 6.10 Å². The van der Waals surface area contributed by atoms with Crippen molar-refractivity contribution in [3.8, 4) is 0 Å². The van der Waals surface area contributed by atoms with Crippen LogP contribution in [0.3, 0.4) is 0 Å². The van der Waals surface area contributed by atoms with E-state index in [2.05, 4.69) is 29.2 Å². The van der Waals surface area contributed by atoms with Gasteiger partial charge in [0, 0.05) is 25.2 Å². The van der Waals surface area contributed by atoms with Crippen LogP contribution in [0.25, 0.3) is 0 Å². The van der Waals surface area contributed by atoms with Crippen molar-refractivity contribution in [2.45, 2.75) is 32.3 Å². The van der Waals surface area contributed by atoms with E-state index in [0.29, 0.717) is 18.6 Å². The van der Waals surface area contributed by atoms with Gasteiger partial charge in [0.2, 0.25) is 0 Å². The average molecular weight is 380 g/mol. The third-order valence-electron chi connectivity index (χ3n) is 5.39. The van der Waals surface area contributed by atoms with Crippen LogP contribution in [-0.2, 0) is 9.53 Å². The number of nitrogens with zero attached hydrogens (tertiary/aromatic N) is 1. The molecule has 0 amide bonds. The molecule has 0 aliphatic carbocycles. The van der Waals surface area contributed by atoms with Crippen LogP contribution in [-0.4, -0.2) is 42.2 Å². The fourth-order valence-electron chi connectivity index (χ4n) is 3.84. The molecule has 1 saturated heterocycles. The van der Waals surface area contributed by atoms with Gasteiger partial charge in [-0.25, -0.2) is 4.79 Å². The molecule has 1 fully saturated rings. The Labute approximate surface area is 167 Å². The molecule has 28 heavy (non-hydrogen) atoms. The summed E-state index contributed by atoms with van der Waals surface area (Å²) in [6, 6.07) is 20.6. The lowest BCUT2D eigenvalue weighted by Gasteiger charge is -2.30. The van der Waals surface area contributed by atoms with Gasteiger partial charge in [0.05, 0.1) is 6.61 Å². The number of ether oxygens (including phenoxy) is 1. The Balaban J connectivity index is 1.57. The molecule has 0 atom stereocenters. The fourth-order valence-corrected chi connectivity index (χ4v) is 3.84. The van der Waals surface area contributed by atoms with E-state index in [9.17, 15) is 9.90 Å². The molecular formula is C24H29NO3. The molecule has 4 heteroatoms. The quantitative estimate of drug-likeness (QED) is 0.677. The highest BCUT2D eigenvalue weighted by atomic mass is 16.5. The molecule has 1 aliphatic rings. The summed E-state index contributed by atoms with van der Waals surface area (Å²) in [5.41, 5.74) is 4.03. The molecule has 0 saturated carbocycles. The summed E-state index contributed by atoms with van der Waals surface area (Å²) in [6.45, 7) is 5.22. The Hall–Kier alpha value is -2.43. The number of hydrogen-bond donors (Lipinski definition) is 1. The predicted molar refractivity (Wildman–Crippen MR) is 111 cm³/mol. The van der Waals surface area contributed by atoms with Gasteiger partial charge in [-0.15, -0.1) is 0 Å². The smallest absolute Gasteiger partial charge is 0.331 e. The van der Waals surface area contributed by atoms with E-state index in [4.69, 9.17) is 4.74 Å². The average Bonchev–Trinajstić information content (AvgIpc) is 2.74. The van der Waals surface area contributed by atoms with Gasteiger partial charge in [-0.05, 0) is 30.4 Å². The van der Waals surface area contributed by atoms with E-state index in [-0.39, 0.29) is 6.10 Å². The first-order valence-corrected chi connectivity index (χ1v) is 10.1. The van der Waals surface area contributed by atoms with Gasteiger partial charge >= 0.3 is 5.97 Å². The number of rotatable bonds is 8. The lowest BCUT2D eigenvalue weighted by atomic mass is 9.96. The van der Waals surface area contributed by atoms with Gasteiger partial charge in [0.25, 0.3) is 0 Å². The first kappa shape index (κ1) is 20.3. The van der Waals surface area contributed by atoms with Gasteiger partial charge in [0.15, 0.2) is 0 Å². The second-order valence-electron chi connectivity index (χ2n) is 7.15. The Bertz CT molecular complexity index is 737. The molecule has 148 valence electrons. The van der Waals surface area contributed by atoms with E-state index < -0.39 is 5.97 Å². The van der Waals surface area contributed by atoms with E-state index in [1.54, 1.807) is 0 Å². The van der Waals surface area contributed by atoms with Gasteiger partial charge in [-0.2, -0.15) is 0 Å². The Morgan fingerprint density at radius 1 is 1.00 bits per heavy atom. The van der Waals surface area contributed by atoms with E-state index in [0.717, 1.165) is 49.2 Å². The number of likely N-dealkylation sites (tertiary alicyclic amines) is 1. The van der Waals surface area contributed by atoms with Crippen molar-refractivity contribution in [3.63, 3.8) is 0 Å². The normalized spacial score (nSPS) is 15.0. The summed E-state index contributed by atoms with van der Waals surface area (Å²) >= 11 is 0. The zero-order chi connectivity index (χ0) is 19.8. The highest BCUT2D eigenvalue weighted by Crippen LogP contribution is 2.26. The molecule has 0 aromatic heterocycles. The first-order chi connectivity index (χ1) is 13.7. The summed E-state index contributed by atoms with van der Waals surface area (Å²) in [7, 11) is 0. The minimum Gasteiger partial charge on any atom is -0.478 e. The maximum atomic E-state index is 11.3. The molecule has 0 unspecified atom stereocenters. The van der Waals surface area contributed by atoms with Crippen LogP contribution in [0.15, 0.2) is 71.8 Å². The summed E-state index contributed by atoms with van der Waals surface area (Å²) in [4.78, 5) is 13.7. The SMILES string of the molecule is CCC(C(=O)O)=C1CCN(CCOC(c2ccccc2)c2ccccc2)CC1. The van der Waals surface area contributed by atoms with Crippen molar-refractivity contribution in [1.82, 2.24) is 4.90 Å². The number of hydrogen-bond acceptors (Lipinski definition) is 3. The number of benzene rings is 2. The third-order valence-corrected chi connectivity index (χ3v) is 5.39. The van der Waals surface area contributed by atoms with Crippen LogP contribution in [0.5, 0.6) is 0 Å². The first-order valence-electron chi connectivity index (χ1n) is 10.1. The van der Waals surface area contributed by atoms with Crippen molar-refractivity contribution < 1.29 is 14.6 Å². The van der Waals surface area contributed by atoms with Crippen LogP contribution in [0.2, 0.25) is 0 Å². The maximum absolute atomic E-state index is 11.3. The third kappa shape index (κ3) is 5.31.